The fourth-order valence-corrected chi connectivity index (χ4v) is 5.01. The Hall–Kier alpha value is -4.13. The van der Waals surface area contributed by atoms with Crippen LogP contribution in [0.1, 0.15) is 59.1 Å². The molecule has 1 aliphatic heterocycles. The van der Waals surface area contributed by atoms with Gasteiger partial charge >= 0.3 is 6.18 Å². The second-order valence-electron chi connectivity index (χ2n) is 9.38. The molecular formula is C28H27F3N6O. The Morgan fingerprint density at radius 3 is 2.66 bits per heavy atom. The second-order valence-corrected chi connectivity index (χ2v) is 9.38. The van der Waals surface area contributed by atoms with Gasteiger partial charge in [-0.15, -0.1) is 6.42 Å². The Labute approximate surface area is 218 Å². The molecule has 0 spiro atoms. The molecule has 3 aromatic heterocycles. The zero-order chi connectivity index (χ0) is 26.9. The van der Waals surface area contributed by atoms with E-state index in [2.05, 4.69) is 21.0 Å². The fraction of sp³-hybridized carbons (Fsp3) is 0.357. The van der Waals surface area contributed by atoms with E-state index < -0.39 is 11.9 Å². The van der Waals surface area contributed by atoms with Crippen LogP contribution >= 0.6 is 0 Å². The number of hydrogen-bond donors (Lipinski definition) is 0. The number of nitrogens with zero attached hydrogens (tertiary/aromatic N) is 6. The van der Waals surface area contributed by atoms with Crippen molar-refractivity contribution in [3.05, 3.63) is 71.1 Å². The number of alkyl halides is 3. The number of piperidine rings is 1. The fourth-order valence-electron chi connectivity index (χ4n) is 5.01. The number of rotatable bonds is 6. The van der Waals surface area contributed by atoms with E-state index >= 15 is 0 Å². The quantitative estimate of drug-likeness (QED) is 0.335. The van der Waals surface area contributed by atoms with Crippen molar-refractivity contribution in [2.24, 2.45) is 0 Å². The predicted octanol–water partition coefficient (Wildman–Crippen LogP) is 5.02. The first-order valence-electron chi connectivity index (χ1n) is 12.6. The van der Waals surface area contributed by atoms with Gasteiger partial charge in [0.1, 0.15) is 6.54 Å². The molecule has 0 N–H and O–H groups in total. The molecular weight excluding hydrogens is 493 g/mol. The zero-order valence-corrected chi connectivity index (χ0v) is 21.0. The molecule has 0 bridgehead atoms. The third kappa shape index (κ3) is 4.88. The molecule has 1 saturated heterocycles. The lowest BCUT2D eigenvalue weighted by molar-refractivity contribution is -0.141. The highest BCUT2D eigenvalue weighted by atomic mass is 19.4. The number of carbonyl (C=O) groups excluding carboxylic acids is 1. The van der Waals surface area contributed by atoms with Crippen molar-refractivity contribution in [3.8, 4) is 23.6 Å². The van der Waals surface area contributed by atoms with E-state index in [1.165, 1.54) is 12.4 Å². The monoisotopic (exact) mass is 520 g/mol. The summed E-state index contributed by atoms with van der Waals surface area (Å²) in [6.07, 6.45) is 10.8. The standard InChI is InChI=1S/C28H27F3N6O/c1-3-11-36-18-22(25(34-36)28(29,30)31)24-17-33-26-23(32-10-14-37(24)26)16-19-8-9-21(20(4-2)15-19)27(38)35-12-6-5-7-13-35/h1,8-10,14-15,17-18H,4-7,11-13,16H2,2H3. The number of imidazole rings is 1. The van der Waals surface area contributed by atoms with Gasteiger partial charge < -0.3 is 4.90 Å². The summed E-state index contributed by atoms with van der Waals surface area (Å²) in [5.74, 6) is 2.38. The lowest BCUT2D eigenvalue weighted by Crippen LogP contribution is -2.36. The third-order valence-electron chi connectivity index (χ3n) is 6.86. The van der Waals surface area contributed by atoms with Gasteiger partial charge in [-0.05, 0) is 42.9 Å². The summed E-state index contributed by atoms with van der Waals surface area (Å²) < 4.78 is 43.9. The molecule has 0 atom stereocenters. The highest BCUT2D eigenvalue weighted by Gasteiger charge is 2.38. The minimum Gasteiger partial charge on any atom is -0.339 e. The molecule has 1 fully saturated rings. The van der Waals surface area contributed by atoms with Gasteiger partial charge in [-0.3, -0.25) is 18.9 Å². The molecule has 4 heterocycles. The number of fused-ring (bicyclic) bond motifs is 1. The van der Waals surface area contributed by atoms with Crippen molar-refractivity contribution >= 4 is 11.6 Å². The average molecular weight is 521 g/mol. The topological polar surface area (TPSA) is 68.3 Å². The molecule has 0 radical (unpaired) electrons. The van der Waals surface area contributed by atoms with Crippen molar-refractivity contribution in [2.75, 3.05) is 13.1 Å². The molecule has 0 aliphatic carbocycles. The summed E-state index contributed by atoms with van der Waals surface area (Å²) in [4.78, 5) is 23.9. The van der Waals surface area contributed by atoms with E-state index in [-0.39, 0.29) is 23.7 Å². The summed E-state index contributed by atoms with van der Waals surface area (Å²) in [6, 6.07) is 5.80. The molecule has 0 saturated carbocycles. The molecule has 38 heavy (non-hydrogen) atoms. The molecule has 4 aromatic rings. The number of likely N-dealkylation sites (tertiary alicyclic amines) is 1. The summed E-state index contributed by atoms with van der Waals surface area (Å²) in [5.41, 5.74) is 2.81. The van der Waals surface area contributed by atoms with Gasteiger partial charge in [-0.1, -0.05) is 25.0 Å². The number of aryl methyl sites for hydroxylation is 1. The minimum atomic E-state index is -4.65. The lowest BCUT2D eigenvalue weighted by Gasteiger charge is -2.27. The van der Waals surface area contributed by atoms with E-state index in [9.17, 15) is 18.0 Å². The maximum absolute atomic E-state index is 13.7. The Bertz CT molecular complexity index is 1520. The van der Waals surface area contributed by atoms with Gasteiger partial charge in [-0.2, -0.15) is 18.3 Å². The van der Waals surface area contributed by atoms with Crippen LogP contribution in [0.3, 0.4) is 0 Å². The van der Waals surface area contributed by atoms with Gasteiger partial charge in [-0.25, -0.2) is 4.98 Å². The number of amides is 1. The molecule has 10 heteroatoms. The molecule has 5 rings (SSSR count). The van der Waals surface area contributed by atoms with Crippen LogP contribution in [-0.2, 0) is 25.6 Å². The molecule has 1 amide bonds. The molecule has 1 aliphatic rings. The number of aromatic nitrogens is 5. The van der Waals surface area contributed by atoms with Crippen LogP contribution in [0.2, 0.25) is 0 Å². The average Bonchev–Trinajstić information content (AvgIpc) is 3.54. The Morgan fingerprint density at radius 2 is 1.95 bits per heavy atom. The highest BCUT2D eigenvalue weighted by Crippen LogP contribution is 2.36. The smallest absolute Gasteiger partial charge is 0.339 e. The van der Waals surface area contributed by atoms with Crippen molar-refractivity contribution < 1.29 is 18.0 Å². The SMILES string of the molecule is C#CCn1cc(-c2cnc3c(Cc4ccc(C(=O)N5CCCCC5)c(CC)c4)nccn23)c(C(F)(F)F)n1. The molecule has 1 aromatic carbocycles. The maximum Gasteiger partial charge on any atom is 0.435 e. The van der Waals surface area contributed by atoms with Crippen molar-refractivity contribution in [3.63, 3.8) is 0 Å². The number of benzene rings is 1. The number of carbonyl (C=O) groups is 1. The van der Waals surface area contributed by atoms with Crippen LogP contribution in [0.15, 0.2) is 43.0 Å². The van der Waals surface area contributed by atoms with Crippen molar-refractivity contribution in [2.45, 2.75) is 51.7 Å². The van der Waals surface area contributed by atoms with E-state index in [0.717, 1.165) is 53.7 Å². The zero-order valence-electron chi connectivity index (χ0n) is 21.0. The number of terminal acetylenes is 1. The first-order valence-corrected chi connectivity index (χ1v) is 12.6. The van der Waals surface area contributed by atoms with Crippen LogP contribution < -0.4 is 0 Å². The van der Waals surface area contributed by atoms with Crippen LogP contribution in [0.25, 0.3) is 16.9 Å². The molecule has 196 valence electrons. The maximum atomic E-state index is 13.7. The Balaban J connectivity index is 1.48. The van der Waals surface area contributed by atoms with Gasteiger partial charge in [0.15, 0.2) is 11.3 Å². The largest absolute Gasteiger partial charge is 0.435 e. The van der Waals surface area contributed by atoms with E-state index in [4.69, 9.17) is 6.42 Å². The van der Waals surface area contributed by atoms with E-state index in [1.54, 1.807) is 16.8 Å². The van der Waals surface area contributed by atoms with Gasteiger partial charge in [0.25, 0.3) is 5.91 Å². The Kier molecular flexibility index (Phi) is 6.93. The summed E-state index contributed by atoms with van der Waals surface area (Å²) in [6.45, 7) is 3.51. The van der Waals surface area contributed by atoms with Gasteiger partial charge in [0.05, 0.1) is 23.1 Å². The highest BCUT2D eigenvalue weighted by molar-refractivity contribution is 5.96. The summed E-state index contributed by atoms with van der Waals surface area (Å²) in [5, 5.41) is 3.66. The first-order chi connectivity index (χ1) is 18.3. The van der Waals surface area contributed by atoms with Crippen LogP contribution in [0.5, 0.6) is 0 Å². The van der Waals surface area contributed by atoms with Crippen LogP contribution in [0, 0.1) is 12.3 Å². The predicted molar refractivity (Wildman–Crippen MR) is 136 cm³/mol. The first kappa shape index (κ1) is 25.5. The third-order valence-corrected chi connectivity index (χ3v) is 6.86. The number of hydrogen-bond acceptors (Lipinski definition) is 4. The number of halogens is 3. The van der Waals surface area contributed by atoms with Crippen molar-refractivity contribution in [1.82, 2.24) is 29.0 Å². The van der Waals surface area contributed by atoms with Crippen LogP contribution in [0.4, 0.5) is 13.2 Å². The Morgan fingerprint density at radius 1 is 1.16 bits per heavy atom. The summed E-state index contributed by atoms with van der Waals surface area (Å²) in [7, 11) is 0. The van der Waals surface area contributed by atoms with Gasteiger partial charge in [0.2, 0.25) is 0 Å². The van der Waals surface area contributed by atoms with Gasteiger partial charge in [0, 0.05) is 43.7 Å². The minimum absolute atomic E-state index is 0.0667. The lowest BCUT2D eigenvalue weighted by atomic mass is 9.98. The molecule has 7 nitrogen and oxygen atoms in total. The summed E-state index contributed by atoms with van der Waals surface area (Å²) >= 11 is 0. The second kappa shape index (κ2) is 10.3. The van der Waals surface area contributed by atoms with E-state index in [1.807, 2.05) is 30.0 Å². The van der Waals surface area contributed by atoms with E-state index in [0.29, 0.717) is 24.2 Å². The molecule has 0 unspecified atom stereocenters. The van der Waals surface area contributed by atoms with Crippen LogP contribution in [-0.4, -0.2) is 48.0 Å². The van der Waals surface area contributed by atoms with Crippen molar-refractivity contribution in [1.29, 1.82) is 0 Å². The normalized spacial score (nSPS) is 14.1.